The van der Waals surface area contributed by atoms with Gasteiger partial charge in [-0.3, -0.25) is 4.98 Å². The summed E-state index contributed by atoms with van der Waals surface area (Å²) in [4.78, 5) is 12.5. The summed E-state index contributed by atoms with van der Waals surface area (Å²) < 4.78 is 0. The lowest BCUT2D eigenvalue weighted by Crippen LogP contribution is -1.96. The van der Waals surface area contributed by atoms with Gasteiger partial charge in [0.2, 0.25) is 0 Å². The van der Waals surface area contributed by atoms with Crippen LogP contribution in [0.1, 0.15) is 71.3 Å². The molecule has 1 heterocycles. The molecule has 0 unspecified atom stereocenters. The van der Waals surface area contributed by atoms with Gasteiger partial charge in [-0.1, -0.05) is 48.5 Å². The molecule has 0 saturated heterocycles. The molecule has 0 radical (unpaired) electrons. The number of rotatable bonds is 2. The van der Waals surface area contributed by atoms with Crippen LogP contribution in [-0.4, -0.2) is 11.8 Å². The van der Waals surface area contributed by atoms with Gasteiger partial charge in [0.05, 0.1) is 0 Å². The molecule has 2 heteroatoms. The van der Waals surface area contributed by atoms with Gasteiger partial charge >= 0.3 is 0 Å². The molecule has 0 saturated carbocycles. The lowest BCUT2D eigenvalue weighted by Gasteiger charge is -2.07. The molecule has 18 heavy (non-hydrogen) atoms. The van der Waals surface area contributed by atoms with Gasteiger partial charge in [0, 0.05) is 11.4 Å². The standard InChI is InChI=1S/C11H17N.2C2H6.CH2O/c1-5-10-6-9(4)12-11(7-10)8(2)3;3*1-2/h6-8H,5H2,1-4H3;2*1-2H3;1H2. The second-order valence-electron chi connectivity index (χ2n) is 3.55. The van der Waals surface area contributed by atoms with E-state index in [-0.39, 0.29) is 0 Å². The minimum atomic E-state index is 0.537. The van der Waals surface area contributed by atoms with E-state index in [2.05, 4.69) is 44.8 Å². The molecule has 1 rings (SSSR count). The highest BCUT2D eigenvalue weighted by atomic mass is 16.1. The van der Waals surface area contributed by atoms with Crippen LogP contribution in [0.25, 0.3) is 0 Å². The van der Waals surface area contributed by atoms with Crippen LogP contribution in [0.15, 0.2) is 12.1 Å². The molecule has 0 aliphatic carbocycles. The Morgan fingerprint density at radius 3 is 1.89 bits per heavy atom. The maximum atomic E-state index is 8.00. The van der Waals surface area contributed by atoms with Crippen molar-refractivity contribution in [1.29, 1.82) is 0 Å². The topological polar surface area (TPSA) is 30.0 Å². The average Bonchev–Trinajstić information content (AvgIpc) is 2.44. The highest BCUT2D eigenvalue weighted by Gasteiger charge is 2.02. The minimum absolute atomic E-state index is 0.537. The largest absolute Gasteiger partial charge is 0.307 e. The van der Waals surface area contributed by atoms with Crippen LogP contribution in [0.4, 0.5) is 0 Å². The average molecular weight is 253 g/mol. The molecule has 106 valence electrons. The van der Waals surface area contributed by atoms with E-state index in [0.717, 1.165) is 12.1 Å². The Morgan fingerprint density at radius 2 is 1.56 bits per heavy atom. The fourth-order valence-electron chi connectivity index (χ4n) is 1.27. The van der Waals surface area contributed by atoms with E-state index in [4.69, 9.17) is 4.79 Å². The summed E-state index contributed by atoms with van der Waals surface area (Å²) in [6.45, 7) is 18.6. The summed E-state index contributed by atoms with van der Waals surface area (Å²) in [7, 11) is 0. The highest BCUT2D eigenvalue weighted by molar-refractivity contribution is 5.22. The second kappa shape index (κ2) is 15.8. The van der Waals surface area contributed by atoms with Crippen LogP contribution in [0.3, 0.4) is 0 Å². The zero-order valence-corrected chi connectivity index (χ0v) is 13.5. The summed E-state index contributed by atoms with van der Waals surface area (Å²) >= 11 is 0. The van der Waals surface area contributed by atoms with E-state index in [9.17, 15) is 0 Å². The van der Waals surface area contributed by atoms with Crippen molar-refractivity contribution >= 4 is 6.79 Å². The molecule has 1 aromatic rings. The van der Waals surface area contributed by atoms with Crippen LogP contribution in [-0.2, 0) is 11.2 Å². The van der Waals surface area contributed by atoms with Crippen molar-refractivity contribution < 1.29 is 4.79 Å². The molecule has 0 aliphatic rings. The van der Waals surface area contributed by atoms with Crippen LogP contribution >= 0.6 is 0 Å². The first-order valence-electron chi connectivity index (χ1n) is 6.89. The summed E-state index contributed by atoms with van der Waals surface area (Å²) in [5.74, 6) is 0.537. The smallest absolute Gasteiger partial charge is 0.106 e. The number of aromatic nitrogens is 1. The van der Waals surface area contributed by atoms with E-state index >= 15 is 0 Å². The van der Waals surface area contributed by atoms with Gasteiger partial charge < -0.3 is 4.79 Å². The van der Waals surface area contributed by atoms with Gasteiger partial charge in [0.25, 0.3) is 0 Å². The molecule has 0 atom stereocenters. The maximum absolute atomic E-state index is 8.00. The molecular formula is C16H31NO. The Morgan fingerprint density at radius 1 is 1.11 bits per heavy atom. The first-order valence-corrected chi connectivity index (χ1v) is 6.89. The molecule has 0 spiro atoms. The van der Waals surface area contributed by atoms with Gasteiger partial charge in [-0.25, -0.2) is 0 Å². The predicted molar refractivity (Wildman–Crippen MR) is 82.3 cm³/mol. The summed E-state index contributed by atoms with van der Waals surface area (Å²) in [5, 5.41) is 0. The van der Waals surface area contributed by atoms with Crippen LogP contribution in [0, 0.1) is 6.92 Å². The van der Waals surface area contributed by atoms with Crippen molar-refractivity contribution in [2.75, 3.05) is 0 Å². The van der Waals surface area contributed by atoms with Crippen molar-refractivity contribution in [1.82, 2.24) is 4.98 Å². The highest BCUT2D eigenvalue weighted by Crippen LogP contribution is 2.14. The maximum Gasteiger partial charge on any atom is 0.106 e. The molecule has 0 bridgehead atoms. The van der Waals surface area contributed by atoms with E-state index in [0.29, 0.717) is 5.92 Å². The normalized spacial score (nSPS) is 8.06. The number of pyridine rings is 1. The molecular weight excluding hydrogens is 222 g/mol. The molecule has 0 aliphatic heterocycles. The van der Waals surface area contributed by atoms with Crippen molar-refractivity contribution in [3.05, 3.63) is 29.1 Å². The van der Waals surface area contributed by atoms with E-state index < -0.39 is 0 Å². The van der Waals surface area contributed by atoms with Gasteiger partial charge in [0.1, 0.15) is 6.79 Å². The summed E-state index contributed by atoms with van der Waals surface area (Å²) in [6.07, 6.45) is 1.10. The van der Waals surface area contributed by atoms with Crippen molar-refractivity contribution in [2.24, 2.45) is 0 Å². The van der Waals surface area contributed by atoms with Crippen molar-refractivity contribution in [2.45, 2.75) is 67.7 Å². The molecule has 0 amide bonds. The van der Waals surface area contributed by atoms with Crippen LogP contribution in [0.2, 0.25) is 0 Å². The molecule has 2 nitrogen and oxygen atoms in total. The van der Waals surface area contributed by atoms with Crippen LogP contribution in [0.5, 0.6) is 0 Å². The first kappa shape index (κ1) is 22.0. The second-order valence-corrected chi connectivity index (χ2v) is 3.55. The lowest BCUT2D eigenvalue weighted by atomic mass is 10.1. The fraction of sp³-hybridized carbons (Fsp3) is 0.625. The third-order valence-electron chi connectivity index (χ3n) is 2.03. The number of aryl methyl sites for hydroxylation is 2. The molecule has 1 aromatic heterocycles. The van der Waals surface area contributed by atoms with E-state index in [1.807, 2.05) is 34.5 Å². The number of hydrogen-bond donors (Lipinski definition) is 0. The summed E-state index contributed by atoms with van der Waals surface area (Å²) in [5.41, 5.74) is 3.75. The number of hydrogen-bond acceptors (Lipinski definition) is 2. The van der Waals surface area contributed by atoms with Crippen LogP contribution < -0.4 is 0 Å². The van der Waals surface area contributed by atoms with E-state index in [1.165, 1.54) is 11.3 Å². The Kier molecular flexibility index (Phi) is 19.4. The molecule has 0 N–H and O–H groups in total. The molecule has 0 fully saturated rings. The van der Waals surface area contributed by atoms with Gasteiger partial charge in [-0.2, -0.15) is 0 Å². The van der Waals surface area contributed by atoms with Gasteiger partial charge in [-0.15, -0.1) is 0 Å². The third-order valence-corrected chi connectivity index (χ3v) is 2.03. The quantitative estimate of drug-likeness (QED) is 0.747. The zero-order chi connectivity index (χ0) is 15.1. The Labute approximate surface area is 114 Å². The number of nitrogens with zero attached hydrogens (tertiary/aromatic N) is 1. The number of carbonyl (C=O) groups is 1. The Balaban J connectivity index is -0.000000328. The predicted octanol–water partition coefficient (Wildman–Crippen LogP) is 4.94. The minimum Gasteiger partial charge on any atom is -0.307 e. The Bertz CT molecular complexity index is 282. The zero-order valence-electron chi connectivity index (χ0n) is 13.5. The monoisotopic (exact) mass is 253 g/mol. The first-order chi connectivity index (χ1) is 8.63. The van der Waals surface area contributed by atoms with E-state index in [1.54, 1.807) is 0 Å². The fourth-order valence-corrected chi connectivity index (χ4v) is 1.27. The van der Waals surface area contributed by atoms with Crippen molar-refractivity contribution in [3.8, 4) is 0 Å². The Hall–Kier alpha value is -1.18. The lowest BCUT2D eigenvalue weighted by molar-refractivity contribution is -0.0979. The van der Waals surface area contributed by atoms with Gasteiger partial charge in [-0.05, 0) is 37.0 Å². The SMILES string of the molecule is C=O.CC.CC.CCc1cc(C)nc(C(C)C)c1. The summed E-state index contributed by atoms with van der Waals surface area (Å²) in [6, 6.07) is 4.36. The molecule has 0 aromatic carbocycles. The number of carbonyl (C=O) groups excluding carboxylic acids is 1. The third kappa shape index (κ3) is 10.0. The van der Waals surface area contributed by atoms with Crippen molar-refractivity contribution in [3.63, 3.8) is 0 Å². The van der Waals surface area contributed by atoms with Gasteiger partial charge in [0.15, 0.2) is 0 Å².